The van der Waals surface area contributed by atoms with Gasteiger partial charge in [-0.3, -0.25) is 10.1 Å². The molecular formula is C24H28N2O3. The molecule has 0 saturated heterocycles. The summed E-state index contributed by atoms with van der Waals surface area (Å²) in [5.41, 5.74) is 6.75. The average molecular weight is 392 g/mol. The zero-order chi connectivity index (χ0) is 20.5. The fourth-order valence-electron chi connectivity index (χ4n) is 4.66. The number of rotatable bonds is 6. The highest BCUT2D eigenvalue weighted by Crippen LogP contribution is 2.30. The van der Waals surface area contributed by atoms with Crippen molar-refractivity contribution in [1.82, 2.24) is 10.3 Å². The van der Waals surface area contributed by atoms with Gasteiger partial charge in [0.1, 0.15) is 12.0 Å². The van der Waals surface area contributed by atoms with Gasteiger partial charge in [-0.05, 0) is 65.6 Å². The smallest absolute Gasteiger partial charge is 0.248 e. The van der Waals surface area contributed by atoms with E-state index in [-0.39, 0.29) is 17.4 Å². The molecule has 29 heavy (non-hydrogen) atoms. The van der Waals surface area contributed by atoms with Crippen molar-refractivity contribution >= 4 is 10.9 Å². The molecule has 1 heterocycles. The number of aromatic nitrogens is 1. The van der Waals surface area contributed by atoms with Gasteiger partial charge in [0.05, 0.1) is 5.52 Å². The minimum absolute atomic E-state index is 0.0364. The molecule has 1 unspecified atom stereocenters. The molecule has 5 heteroatoms. The van der Waals surface area contributed by atoms with Crippen LogP contribution in [0.15, 0.2) is 41.2 Å². The Bertz CT molecular complexity index is 1070. The van der Waals surface area contributed by atoms with Gasteiger partial charge in [0.25, 0.3) is 0 Å². The number of phenolic OH excluding ortho intramolecular Hbond substituents is 1. The molecule has 0 bridgehead atoms. The third-order valence-electron chi connectivity index (χ3n) is 6.09. The lowest BCUT2D eigenvalue weighted by molar-refractivity contribution is 0.124. The van der Waals surface area contributed by atoms with Crippen LogP contribution in [-0.4, -0.2) is 27.5 Å². The Labute approximate surface area is 170 Å². The van der Waals surface area contributed by atoms with E-state index in [0.717, 1.165) is 36.6 Å². The molecule has 1 aliphatic carbocycles. The number of fused-ring (bicyclic) bond motifs is 2. The summed E-state index contributed by atoms with van der Waals surface area (Å²) in [5.74, 6) is 0.0364. The molecule has 3 aromatic rings. The van der Waals surface area contributed by atoms with E-state index in [1.165, 1.54) is 28.3 Å². The van der Waals surface area contributed by atoms with Gasteiger partial charge in [-0.1, -0.05) is 32.0 Å². The molecule has 1 atom stereocenters. The lowest BCUT2D eigenvalue weighted by Crippen LogP contribution is -2.40. The van der Waals surface area contributed by atoms with Crippen LogP contribution in [0, 0.1) is 0 Å². The average Bonchev–Trinajstić information content (AvgIpc) is 3.13. The highest BCUT2D eigenvalue weighted by atomic mass is 16.3. The summed E-state index contributed by atoms with van der Waals surface area (Å²) >= 11 is 0. The van der Waals surface area contributed by atoms with E-state index < -0.39 is 6.23 Å². The molecule has 1 aromatic heterocycles. The van der Waals surface area contributed by atoms with Crippen molar-refractivity contribution in [3.63, 3.8) is 0 Å². The molecule has 0 aliphatic heterocycles. The van der Waals surface area contributed by atoms with Crippen molar-refractivity contribution in [2.75, 3.05) is 0 Å². The number of hydrogen-bond acceptors (Lipinski definition) is 4. The highest BCUT2D eigenvalue weighted by molar-refractivity contribution is 5.87. The normalized spacial score (nSPS) is 15.0. The van der Waals surface area contributed by atoms with Gasteiger partial charge < -0.3 is 15.2 Å². The summed E-state index contributed by atoms with van der Waals surface area (Å²) in [5, 5.41) is 24.9. The van der Waals surface area contributed by atoms with Crippen LogP contribution in [0.4, 0.5) is 0 Å². The number of aliphatic hydroxyl groups excluding tert-OH is 1. The van der Waals surface area contributed by atoms with Crippen molar-refractivity contribution in [3.8, 4) is 5.75 Å². The Morgan fingerprint density at radius 3 is 2.24 bits per heavy atom. The molecule has 0 saturated carbocycles. The number of nitrogens with one attached hydrogen (secondary N) is 2. The van der Waals surface area contributed by atoms with Crippen LogP contribution in [0.1, 0.15) is 41.7 Å². The maximum atomic E-state index is 11.6. The van der Waals surface area contributed by atoms with Crippen LogP contribution in [0.5, 0.6) is 5.75 Å². The molecule has 0 fully saturated rings. The van der Waals surface area contributed by atoms with Crippen molar-refractivity contribution < 1.29 is 10.2 Å². The van der Waals surface area contributed by atoms with Gasteiger partial charge in [0, 0.05) is 23.9 Å². The standard InChI is InChI=1S/C24H28N2O3/c1-3-14-5-6-15(4-2)20-13-17(12-19(14)20)25-23(29)11-16-7-9-21(27)24-18(16)8-10-22(28)26-24/h5-10,17,23,25,27,29H,3-4,11-13H2,1-2H3,(H,26,28). The summed E-state index contributed by atoms with van der Waals surface area (Å²) in [6, 6.07) is 11.2. The van der Waals surface area contributed by atoms with Gasteiger partial charge in [0.2, 0.25) is 5.56 Å². The first-order valence-electron chi connectivity index (χ1n) is 10.4. The Morgan fingerprint density at radius 2 is 1.62 bits per heavy atom. The van der Waals surface area contributed by atoms with E-state index in [2.05, 4.69) is 36.3 Å². The lowest BCUT2D eigenvalue weighted by Gasteiger charge is -2.19. The number of aromatic amines is 1. The van der Waals surface area contributed by atoms with E-state index in [0.29, 0.717) is 11.9 Å². The molecule has 5 nitrogen and oxygen atoms in total. The second kappa shape index (κ2) is 8.01. The van der Waals surface area contributed by atoms with Crippen LogP contribution < -0.4 is 10.9 Å². The zero-order valence-electron chi connectivity index (χ0n) is 17.0. The number of phenols is 1. The van der Waals surface area contributed by atoms with Crippen LogP contribution in [0.25, 0.3) is 10.9 Å². The summed E-state index contributed by atoms with van der Waals surface area (Å²) in [4.78, 5) is 14.3. The molecule has 4 N–H and O–H groups in total. The maximum Gasteiger partial charge on any atom is 0.248 e. The molecule has 0 amide bonds. The van der Waals surface area contributed by atoms with Crippen LogP contribution in [-0.2, 0) is 32.1 Å². The second-order valence-electron chi connectivity index (χ2n) is 7.89. The van der Waals surface area contributed by atoms with E-state index in [4.69, 9.17) is 0 Å². The van der Waals surface area contributed by atoms with Gasteiger partial charge in [-0.2, -0.15) is 0 Å². The summed E-state index contributed by atoms with van der Waals surface area (Å²) < 4.78 is 0. The minimum atomic E-state index is -0.705. The Morgan fingerprint density at radius 1 is 1.00 bits per heavy atom. The van der Waals surface area contributed by atoms with Crippen LogP contribution >= 0.6 is 0 Å². The number of aryl methyl sites for hydroxylation is 2. The number of aromatic hydroxyl groups is 1. The van der Waals surface area contributed by atoms with Crippen LogP contribution in [0.2, 0.25) is 0 Å². The quantitative estimate of drug-likeness (QED) is 0.486. The third-order valence-corrected chi connectivity index (χ3v) is 6.09. The lowest BCUT2D eigenvalue weighted by atomic mass is 9.96. The van der Waals surface area contributed by atoms with E-state index in [1.807, 2.05) is 0 Å². The Balaban J connectivity index is 1.51. The summed E-state index contributed by atoms with van der Waals surface area (Å²) in [7, 11) is 0. The molecule has 0 radical (unpaired) electrons. The first kappa shape index (κ1) is 19.7. The summed E-state index contributed by atoms with van der Waals surface area (Å²) in [6.07, 6.45) is 3.62. The predicted octanol–water partition coefficient (Wildman–Crippen LogP) is 2.98. The van der Waals surface area contributed by atoms with E-state index >= 15 is 0 Å². The molecular weight excluding hydrogens is 364 g/mol. The van der Waals surface area contributed by atoms with Crippen molar-refractivity contribution in [2.45, 2.75) is 58.2 Å². The molecule has 4 rings (SSSR count). The Kier molecular flexibility index (Phi) is 5.43. The number of aliphatic hydroxyl groups is 1. The third kappa shape index (κ3) is 3.80. The largest absolute Gasteiger partial charge is 0.506 e. The topological polar surface area (TPSA) is 85.3 Å². The van der Waals surface area contributed by atoms with Crippen molar-refractivity contribution in [2.24, 2.45) is 0 Å². The van der Waals surface area contributed by atoms with Crippen molar-refractivity contribution in [1.29, 1.82) is 0 Å². The molecule has 0 spiro atoms. The second-order valence-corrected chi connectivity index (χ2v) is 7.89. The van der Waals surface area contributed by atoms with Crippen molar-refractivity contribution in [3.05, 3.63) is 74.6 Å². The molecule has 152 valence electrons. The van der Waals surface area contributed by atoms with Gasteiger partial charge in [0.15, 0.2) is 0 Å². The number of hydrogen-bond donors (Lipinski definition) is 4. The fourth-order valence-corrected chi connectivity index (χ4v) is 4.66. The number of benzene rings is 2. The Hall–Kier alpha value is -2.63. The van der Waals surface area contributed by atoms with E-state index in [9.17, 15) is 15.0 Å². The highest BCUT2D eigenvalue weighted by Gasteiger charge is 2.27. The first-order chi connectivity index (χ1) is 14.0. The maximum absolute atomic E-state index is 11.6. The SMILES string of the molecule is CCc1ccc(CC)c2c1CC(NC(O)Cc1ccc(O)c3[nH]c(=O)ccc13)C2. The van der Waals surface area contributed by atoms with Gasteiger partial charge in [-0.25, -0.2) is 0 Å². The first-order valence-corrected chi connectivity index (χ1v) is 10.4. The summed E-state index contributed by atoms with van der Waals surface area (Å²) in [6.45, 7) is 4.38. The van der Waals surface area contributed by atoms with Crippen LogP contribution in [0.3, 0.4) is 0 Å². The number of H-pyrrole nitrogens is 1. The van der Waals surface area contributed by atoms with Gasteiger partial charge >= 0.3 is 0 Å². The zero-order valence-corrected chi connectivity index (χ0v) is 17.0. The van der Waals surface area contributed by atoms with E-state index in [1.54, 1.807) is 18.2 Å². The molecule has 2 aromatic carbocycles. The molecule has 1 aliphatic rings. The fraction of sp³-hybridized carbons (Fsp3) is 0.375. The number of pyridine rings is 1. The predicted molar refractivity (Wildman–Crippen MR) is 115 cm³/mol. The van der Waals surface area contributed by atoms with Gasteiger partial charge in [-0.15, -0.1) is 0 Å². The monoisotopic (exact) mass is 392 g/mol. The minimum Gasteiger partial charge on any atom is -0.506 e.